The largest absolute Gasteiger partial charge is 3.00 e. The normalized spacial score (nSPS) is 13.4. The van der Waals surface area contributed by atoms with Gasteiger partial charge in [0.1, 0.15) is 0 Å². The van der Waals surface area contributed by atoms with Crippen molar-refractivity contribution < 1.29 is 90.6 Å². The third kappa shape index (κ3) is 15.9. The molecular weight excluding hydrogens is 486 g/mol. The quantitative estimate of drug-likeness (QED) is 0.473. The summed E-state index contributed by atoms with van der Waals surface area (Å²) in [6.07, 6.45) is 0. The molecule has 0 aromatic heterocycles. The Hall–Kier alpha value is -0.0299. The van der Waals surface area contributed by atoms with E-state index in [1.165, 1.54) is 0 Å². The minimum Gasteiger partial charge on any atom is -0.556 e. The van der Waals surface area contributed by atoms with Crippen molar-refractivity contribution in [3.63, 3.8) is 0 Å². The topological polar surface area (TPSA) is 174 Å². The van der Waals surface area contributed by atoms with Crippen LogP contribution >= 0.6 is 0 Å². The first-order chi connectivity index (χ1) is 9.75. The van der Waals surface area contributed by atoms with Crippen molar-refractivity contribution in [3.05, 3.63) is 15.4 Å². The van der Waals surface area contributed by atoms with E-state index >= 15 is 0 Å². The zero-order valence-corrected chi connectivity index (χ0v) is 14.9. The predicted octanol–water partition coefficient (Wildman–Crippen LogP) is 2.66. The fourth-order valence-electron chi connectivity index (χ4n) is 0. The maximum atomic E-state index is 10.8. The summed E-state index contributed by atoms with van der Waals surface area (Å²) in [6.45, 7) is 0. The zero-order chi connectivity index (χ0) is 21.0. The molecule has 150 valence electrons. The van der Waals surface area contributed by atoms with Crippen LogP contribution in [0.5, 0.6) is 0 Å². The number of alkyl halides is 9. The zero-order valence-electron chi connectivity index (χ0n) is 10.7. The number of halogens is 9. The molecule has 0 aliphatic carbocycles. The minimum absolute atomic E-state index is 0. The second-order valence-electron chi connectivity index (χ2n) is 2.85. The molecule has 0 aromatic carbocycles. The Balaban J connectivity index is -0.000000130. The molecular formula is C3H3F9N3O6S3Sc. The van der Waals surface area contributed by atoms with Crippen LogP contribution in [0, 0.1) is 0 Å². The molecule has 25 heavy (non-hydrogen) atoms. The third-order valence-electron chi connectivity index (χ3n) is 0.914. The van der Waals surface area contributed by atoms with Gasteiger partial charge in [0, 0.05) is 0 Å². The van der Waals surface area contributed by atoms with Gasteiger partial charge in [-0.3, -0.25) is 0 Å². The summed E-state index contributed by atoms with van der Waals surface area (Å²) >= 11 is 0. The Kier molecular flexibility index (Phi) is 12.8. The van der Waals surface area contributed by atoms with Crippen molar-refractivity contribution in [2.75, 3.05) is 0 Å². The smallest absolute Gasteiger partial charge is 0.556 e. The average molecular weight is 489 g/mol. The van der Waals surface area contributed by atoms with Crippen LogP contribution in [-0.4, -0.2) is 41.8 Å². The van der Waals surface area contributed by atoms with Crippen molar-refractivity contribution in [2.24, 2.45) is 0 Å². The van der Waals surface area contributed by atoms with Crippen LogP contribution in [0.2, 0.25) is 0 Å². The summed E-state index contributed by atoms with van der Waals surface area (Å²) in [5, 5.41) is 16.3. The Morgan fingerprint density at radius 1 is 0.440 bits per heavy atom. The minimum atomic E-state index is -5.59. The SMILES string of the molecule is [NH-]S(=O)(=O)C(F)(F)F.[NH-]S(=O)(=O)C(F)(F)F.[NH-]S(=O)(=O)C(F)(F)F.[Sc+3]. The van der Waals surface area contributed by atoms with Gasteiger partial charge in [0.25, 0.3) is 0 Å². The van der Waals surface area contributed by atoms with Gasteiger partial charge in [0.15, 0.2) is 30.1 Å². The van der Waals surface area contributed by atoms with E-state index in [1.54, 1.807) is 0 Å². The monoisotopic (exact) mass is 489 g/mol. The summed E-state index contributed by atoms with van der Waals surface area (Å²) in [7, 11) is -16.8. The van der Waals surface area contributed by atoms with Gasteiger partial charge in [-0.15, -0.1) is 0 Å². The van der Waals surface area contributed by atoms with Crippen molar-refractivity contribution in [2.45, 2.75) is 16.5 Å². The molecule has 9 nitrogen and oxygen atoms in total. The van der Waals surface area contributed by atoms with Crippen LogP contribution in [0.3, 0.4) is 0 Å². The van der Waals surface area contributed by atoms with E-state index in [0.717, 1.165) is 0 Å². The van der Waals surface area contributed by atoms with Gasteiger partial charge in [-0.25, -0.2) is 25.3 Å². The van der Waals surface area contributed by atoms with Gasteiger partial charge in [0.05, 0.1) is 0 Å². The Morgan fingerprint density at radius 3 is 0.480 bits per heavy atom. The standard InChI is InChI=1S/3CHF3NO2S.Sc/c3*2-1(3,4)8(5,6)7;/h3*(H-,5,6,7);/q3*-1;+3. The first-order valence-corrected chi connectivity index (χ1v) is 8.38. The van der Waals surface area contributed by atoms with E-state index in [9.17, 15) is 64.8 Å². The van der Waals surface area contributed by atoms with E-state index in [1.807, 2.05) is 0 Å². The van der Waals surface area contributed by atoms with Gasteiger partial charge in [-0.05, 0) is 0 Å². The maximum Gasteiger partial charge on any atom is 3.00 e. The first kappa shape index (κ1) is 32.6. The van der Waals surface area contributed by atoms with Crippen molar-refractivity contribution in [1.29, 1.82) is 0 Å². The van der Waals surface area contributed by atoms with Crippen molar-refractivity contribution >= 4 is 30.1 Å². The second kappa shape index (κ2) is 9.77. The Labute approximate surface area is 152 Å². The molecule has 0 saturated carbocycles. The average Bonchev–Trinajstić information content (AvgIpc) is 2.08. The summed E-state index contributed by atoms with van der Waals surface area (Å²) in [6, 6.07) is 0. The van der Waals surface area contributed by atoms with E-state index < -0.39 is 46.6 Å². The number of nitrogens with one attached hydrogen (secondary N) is 3. The number of sulfonamides is 3. The molecule has 0 fully saturated rings. The number of hydrogen-bond acceptors (Lipinski definition) is 6. The molecule has 22 heteroatoms. The summed E-state index contributed by atoms with van der Waals surface area (Å²) in [5.41, 5.74) is -16.3. The molecule has 0 rings (SSSR count). The van der Waals surface area contributed by atoms with Gasteiger partial charge in [-0.1, -0.05) is 0 Å². The molecule has 0 atom stereocenters. The molecule has 0 amide bonds. The maximum absolute atomic E-state index is 10.8. The van der Waals surface area contributed by atoms with Crippen LogP contribution in [0.4, 0.5) is 39.5 Å². The molecule has 0 radical (unpaired) electrons. The van der Waals surface area contributed by atoms with E-state index in [-0.39, 0.29) is 25.8 Å². The van der Waals surface area contributed by atoms with E-state index in [4.69, 9.17) is 15.4 Å². The van der Waals surface area contributed by atoms with Crippen molar-refractivity contribution in [3.8, 4) is 0 Å². The van der Waals surface area contributed by atoms with E-state index in [0.29, 0.717) is 0 Å². The molecule has 0 saturated heterocycles. The van der Waals surface area contributed by atoms with Crippen LogP contribution in [0.15, 0.2) is 0 Å². The van der Waals surface area contributed by atoms with Crippen LogP contribution in [0.25, 0.3) is 15.4 Å². The first-order valence-electron chi connectivity index (χ1n) is 3.93. The Morgan fingerprint density at radius 2 is 0.480 bits per heavy atom. The summed E-state index contributed by atoms with van der Waals surface area (Å²) in [5.74, 6) is 0. The fourth-order valence-corrected chi connectivity index (χ4v) is 0. The van der Waals surface area contributed by atoms with Gasteiger partial charge >= 0.3 is 42.4 Å². The van der Waals surface area contributed by atoms with Crippen LogP contribution in [0.1, 0.15) is 0 Å². The Bertz CT molecular complexity index is 605. The van der Waals surface area contributed by atoms with Crippen LogP contribution in [-0.2, 0) is 55.9 Å². The molecule has 0 bridgehead atoms. The number of rotatable bonds is 0. The van der Waals surface area contributed by atoms with Crippen LogP contribution < -0.4 is 0 Å². The van der Waals surface area contributed by atoms with Gasteiger partial charge in [-0.2, -0.15) is 39.5 Å². The molecule has 0 unspecified atom stereocenters. The summed E-state index contributed by atoms with van der Waals surface area (Å²) in [4.78, 5) is 0. The summed E-state index contributed by atoms with van der Waals surface area (Å²) < 4.78 is 152. The van der Waals surface area contributed by atoms with Crippen molar-refractivity contribution in [1.82, 2.24) is 0 Å². The third-order valence-corrected chi connectivity index (χ3v) is 2.74. The predicted molar refractivity (Wildman–Crippen MR) is 57.9 cm³/mol. The van der Waals surface area contributed by atoms with E-state index in [2.05, 4.69) is 0 Å². The molecule has 0 aliphatic rings. The second-order valence-corrected chi connectivity index (χ2v) is 7.26. The molecule has 0 aromatic rings. The molecule has 0 heterocycles. The number of hydrogen-bond donors (Lipinski definition) is 0. The van der Waals surface area contributed by atoms with Gasteiger partial charge < -0.3 is 15.4 Å². The molecule has 0 aliphatic heterocycles. The molecule has 3 N–H and O–H groups in total. The molecule has 0 spiro atoms. The van der Waals surface area contributed by atoms with Gasteiger partial charge in [0.2, 0.25) is 0 Å². The fraction of sp³-hybridized carbons (Fsp3) is 1.00.